The summed E-state index contributed by atoms with van der Waals surface area (Å²) in [7, 11) is 1.91. The van der Waals surface area contributed by atoms with E-state index in [1.807, 2.05) is 7.11 Å². The van der Waals surface area contributed by atoms with Crippen LogP contribution in [0.1, 0.15) is 77.6 Å². The summed E-state index contributed by atoms with van der Waals surface area (Å²) in [6.45, 7) is 8.74. The number of ether oxygens (including phenoxy) is 1. The molecule has 3 aliphatic carbocycles. The fourth-order valence-electron chi connectivity index (χ4n) is 8.62. The molecule has 3 aliphatic heterocycles. The number of nitrogens with zero attached hydrogens (tertiary/aromatic N) is 3. The summed E-state index contributed by atoms with van der Waals surface area (Å²) in [4.78, 5) is 19.9. The fraction of sp³-hybridized carbons (Fsp3) is 0.966. The van der Waals surface area contributed by atoms with Crippen LogP contribution in [0.15, 0.2) is 0 Å². The number of nitrogens with one attached hydrogen (secondary N) is 3. The van der Waals surface area contributed by atoms with E-state index >= 15 is 0 Å². The van der Waals surface area contributed by atoms with E-state index in [1.54, 1.807) is 6.92 Å². The number of rotatable bonds is 7. The molecule has 0 aromatic carbocycles. The van der Waals surface area contributed by atoms with Crippen molar-refractivity contribution in [2.24, 2.45) is 5.92 Å². The van der Waals surface area contributed by atoms with Gasteiger partial charge in [-0.25, -0.2) is 0 Å². The number of piperazine rings is 1. The van der Waals surface area contributed by atoms with Crippen LogP contribution in [-0.2, 0) is 9.53 Å². The maximum Gasteiger partial charge on any atom is 0.219 e. The molecule has 0 bridgehead atoms. The van der Waals surface area contributed by atoms with Gasteiger partial charge in [0.15, 0.2) is 0 Å². The molecule has 8 nitrogen and oxygen atoms in total. The largest absolute Gasteiger partial charge is 0.380 e. The number of likely N-dealkylation sites (tertiary alicyclic amines) is 1. The molecule has 8 unspecified atom stereocenters. The lowest BCUT2D eigenvalue weighted by atomic mass is 9.80. The van der Waals surface area contributed by atoms with Crippen LogP contribution < -0.4 is 16.0 Å². The lowest BCUT2D eigenvalue weighted by molar-refractivity contribution is -0.131. The molecule has 37 heavy (non-hydrogen) atoms. The zero-order chi connectivity index (χ0) is 25.4. The molecule has 1 amide bonds. The van der Waals surface area contributed by atoms with Crippen LogP contribution >= 0.6 is 0 Å². The molecule has 3 heterocycles. The molecule has 0 aromatic rings. The summed E-state index contributed by atoms with van der Waals surface area (Å²) < 4.78 is 6.09. The molecule has 3 N–H and O–H groups in total. The number of fused-ring (bicyclic) bond motifs is 1. The van der Waals surface area contributed by atoms with E-state index in [0.29, 0.717) is 42.3 Å². The molecule has 210 valence electrons. The minimum atomic E-state index is 0.261. The minimum Gasteiger partial charge on any atom is -0.380 e. The summed E-state index contributed by atoms with van der Waals surface area (Å²) in [6.07, 6.45) is 14.4. The van der Waals surface area contributed by atoms with Gasteiger partial charge in [-0.2, -0.15) is 0 Å². The monoisotopic (exact) mass is 516 g/mol. The van der Waals surface area contributed by atoms with Crippen LogP contribution in [0.3, 0.4) is 0 Å². The second-order valence-electron chi connectivity index (χ2n) is 13.0. The van der Waals surface area contributed by atoms with Crippen molar-refractivity contribution in [2.45, 2.75) is 126 Å². The molecular formula is C29H52N6O2. The third-order valence-electron chi connectivity index (χ3n) is 10.8. The zero-order valence-electron chi connectivity index (χ0n) is 23.4. The normalized spacial score (nSPS) is 42.1. The van der Waals surface area contributed by atoms with Crippen LogP contribution in [0.2, 0.25) is 0 Å². The minimum absolute atomic E-state index is 0.261. The molecule has 0 aromatic heterocycles. The zero-order valence-corrected chi connectivity index (χ0v) is 23.4. The van der Waals surface area contributed by atoms with Gasteiger partial charge >= 0.3 is 0 Å². The molecule has 8 heteroatoms. The number of methoxy groups -OCH3 is 1. The Morgan fingerprint density at radius 2 is 1.57 bits per heavy atom. The van der Waals surface area contributed by atoms with E-state index in [0.717, 1.165) is 32.0 Å². The van der Waals surface area contributed by atoms with Crippen LogP contribution in [-0.4, -0.2) is 116 Å². The highest BCUT2D eigenvalue weighted by atomic mass is 16.5. The van der Waals surface area contributed by atoms with Gasteiger partial charge < -0.3 is 20.3 Å². The summed E-state index contributed by atoms with van der Waals surface area (Å²) in [5, 5.41) is 11.8. The number of amides is 1. The van der Waals surface area contributed by atoms with Gasteiger partial charge in [0.2, 0.25) is 5.91 Å². The predicted molar refractivity (Wildman–Crippen MR) is 146 cm³/mol. The highest BCUT2D eigenvalue weighted by molar-refractivity contribution is 5.74. The van der Waals surface area contributed by atoms with E-state index in [9.17, 15) is 4.79 Å². The standard InChI is InChI=1S/C29H52N6O2/c1-20(36)35-13-11-21-4-3-5-26(29(21)35)31-22-10-12-30-28(18-22)32-25-9-8-24(19-27(25)37-2)34-16-14-33(15-17-34)23-6-7-23/h21-32H,3-19H2,1-2H3. The summed E-state index contributed by atoms with van der Waals surface area (Å²) in [6, 6.07) is 3.38. The van der Waals surface area contributed by atoms with Crippen LogP contribution in [0.5, 0.6) is 0 Å². The van der Waals surface area contributed by atoms with Gasteiger partial charge in [0, 0.05) is 83.0 Å². The first-order valence-electron chi connectivity index (χ1n) is 15.6. The van der Waals surface area contributed by atoms with Gasteiger partial charge in [-0.1, -0.05) is 6.42 Å². The van der Waals surface area contributed by atoms with Gasteiger partial charge in [-0.15, -0.1) is 0 Å². The lowest BCUT2D eigenvalue weighted by Crippen LogP contribution is -2.62. The fourth-order valence-corrected chi connectivity index (χ4v) is 8.62. The quantitative estimate of drug-likeness (QED) is 0.476. The molecule has 6 aliphatic rings. The molecule has 0 radical (unpaired) electrons. The Kier molecular flexibility index (Phi) is 8.41. The van der Waals surface area contributed by atoms with E-state index in [4.69, 9.17) is 4.74 Å². The highest BCUT2D eigenvalue weighted by Gasteiger charge is 2.44. The van der Waals surface area contributed by atoms with Gasteiger partial charge in [0.25, 0.3) is 0 Å². The Morgan fingerprint density at radius 3 is 2.30 bits per heavy atom. The van der Waals surface area contributed by atoms with E-state index in [-0.39, 0.29) is 12.0 Å². The third kappa shape index (κ3) is 6.04. The lowest BCUT2D eigenvalue weighted by Gasteiger charge is -2.46. The second kappa shape index (κ2) is 11.8. The first kappa shape index (κ1) is 26.5. The summed E-state index contributed by atoms with van der Waals surface area (Å²) in [5.74, 6) is 0.956. The van der Waals surface area contributed by atoms with Crippen molar-refractivity contribution in [3.63, 3.8) is 0 Å². The topological polar surface area (TPSA) is 72.1 Å². The van der Waals surface area contributed by atoms with Gasteiger partial charge in [-0.3, -0.25) is 19.9 Å². The van der Waals surface area contributed by atoms with E-state index in [2.05, 4.69) is 30.7 Å². The van der Waals surface area contributed by atoms with Crippen molar-refractivity contribution < 1.29 is 9.53 Å². The Hall–Kier alpha value is -0.770. The number of carbonyl (C=O) groups excluding carboxylic acids is 1. The number of hydrogen-bond donors (Lipinski definition) is 3. The Bertz CT molecular complexity index is 771. The average Bonchev–Trinajstić information content (AvgIpc) is 3.67. The molecular weight excluding hydrogens is 464 g/mol. The maximum atomic E-state index is 12.3. The summed E-state index contributed by atoms with van der Waals surface area (Å²) in [5.41, 5.74) is 0. The van der Waals surface area contributed by atoms with E-state index < -0.39 is 0 Å². The van der Waals surface area contributed by atoms with Crippen LogP contribution in [0.25, 0.3) is 0 Å². The molecule has 6 rings (SSSR count). The Labute approximate surface area is 224 Å². The van der Waals surface area contributed by atoms with Crippen molar-refractivity contribution in [3.8, 4) is 0 Å². The molecule has 6 fully saturated rings. The Balaban J connectivity index is 0.991. The first-order valence-corrected chi connectivity index (χ1v) is 15.6. The van der Waals surface area contributed by atoms with Crippen molar-refractivity contribution in [3.05, 3.63) is 0 Å². The van der Waals surface area contributed by atoms with Crippen molar-refractivity contribution >= 4 is 5.91 Å². The highest BCUT2D eigenvalue weighted by Crippen LogP contribution is 2.37. The first-order chi connectivity index (χ1) is 18.1. The number of hydrogen-bond acceptors (Lipinski definition) is 7. The average molecular weight is 517 g/mol. The number of piperidine rings is 1. The SMILES string of the molecule is COC1CC(N2CCN(C3CC3)CC2)CCC1NC1CC(NC2CCCC3CCN(C(C)=O)C32)CCN1. The van der Waals surface area contributed by atoms with Crippen molar-refractivity contribution in [1.82, 2.24) is 30.7 Å². The number of carbonyl (C=O) groups is 1. The maximum absolute atomic E-state index is 12.3. The molecule has 8 atom stereocenters. The van der Waals surface area contributed by atoms with Crippen molar-refractivity contribution in [1.29, 1.82) is 0 Å². The molecule has 3 saturated heterocycles. The van der Waals surface area contributed by atoms with Crippen LogP contribution in [0, 0.1) is 5.92 Å². The van der Waals surface area contributed by atoms with Gasteiger partial charge in [0.1, 0.15) is 0 Å². The summed E-state index contributed by atoms with van der Waals surface area (Å²) >= 11 is 0. The van der Waals surface area contributed by atoms with Gasteiger partial charge in [-0.05, 0) is 76.7 Å². The van der Waals surface area contributed by atoms with Gasteiger partial charge in [0.05, 0.1) is 12.3 Å². The van der Waals surface area contributed by atoms with Crippen molar-refractivity contribution in [2.75, 3.05) is 46.4 Å². The predicted octanol–water partition coefficient (Wildman–Crippen LogP) is 1.75. The molecule has 3 saturated carbocycles. The second-order valence-corrected chi connectivity index (χ2v) is 13.0. The van der Waals surface area contributed by atoms with E-state index in [1.165, 1.54) is 84.0 Å². The molecule has 0 spiro atoms. The smallest absolute Gasteiger partial charge is 0.219 e. The third-order valence-corrected chi connectivity index (χ3v) is 10.8. The Morgan fingerprint density at radius 1 is 0.811 bits per heavy atom. The van der Waals surface area contributed by atoms with Crippen LogP contribution in [0.4, 0.5) is 0 Å².